The summed E-state index contributed by atoms with van der Waals surface area (Å²) in [6.07, 6.45) is -1.01. The first-order valence-corrected chi connectivity index (χ1v) is 7.91. The van der Waals surface area contributed by atoms with Gasteiger partial charge >= 0.3 is 0 Å². The fraction of sp³-hybridized carbons (Fsp3) is 0.308. The molecule has 0 heterocycles. The van der Waals surface area contributed by atoms with Crippen LogP contribution in [0, 0.1) is 0 Å². The van der Waals surface area contributed by atoms with Crippen LogP contribution in [-0.2, 0) is 9.59 Å². The third-order valence-electron chi connectivity index (χ3n) is 2.39. The average Bonchev–Trinajstić information content (AvgIpc) is 2.35. The minimum absolute atomic E-state index is 0.134. The van der Waals surface area contributed by atoms with Crippen molar-refractivity contribution in [1.82, 2.24) is 10.6 Å². The molecule has 126 valence electrons. The van der Waals surface area contributed by atoms with Gasteiger partial charge in [0.15, 0.2) is 5.11 Å². The molecule has 0 unspecified atom stereocenters. The van der Waals surface area contributed by atoms with Crippen LogP contribution in [0.2, 0.25) is 0 Å². The molecule has 0 aliphatic heterocycles. The van der Waals surface area contributed by atoms with Gasteiger partial charge in [-0.25, -0.2) is 0 Å². The molecule has 0 saturated heterocycles. The molecule has 4 N–H and O–H groups in total. The molecule has 1 rings (SSSR count). The van der Waals surface area contributed by atoms with Crippen LogP contribution in [0.25, 0.3) is 0 Å². The maximum Gasteiger partial charge on any atom is 0.228 e. The molecule has 10 heteroatoms. The first-order chi connectivity index (χ1) is 10.6. The summed E-state index contributed by atoms with van der Waals surface area (Å²) in [5.41, 5.74) is 1.21. The van der Waals surface area contributed by atoms with Crippen molar-refractivity contribution in [2.75, 3.05) is 10.6 Å². The van der Waals surface area contributed by atoms with Gasteiger partial charge in [-0.2, -0.15) is 0 Å². The summed E-state index contributed by atoms with van der Waals surface area (Å²) in [5, 5.41) is 10.8. The van der Waals surface area contributed by atoms with Gasteiger partial charge in [-0.15, -0.1) is 0 Å². The second kappa shape index (κ2) is 8.54. The molecular weight excluding hydrogens is 383 g/mol. The van der Waals surface area contributed by atoms with Gasteiger partial charge in [0.05, 0.1) is 0 Å². The SMILES string of the molecule is CC(=O)Nc1cccc(NC(=S)N[C@@H](NC(C)=O)C(Cl)(Cl)Cl)c1. The van der Waals surface area contributed by atoms with Crippen LogP contribution >= 0.6 is 47.0 Å². The monoisotopic (exact) mass is 396 g/mol. The average molecular weight is 398 g/mol. The lowest BCUT2D eigenvalue weighted by atomic mass is 10.3. The predicted molar refractivity (Wildman–Crippen MR) is 98.0 cm³/mol. The van der Waals surface area contributed by atoms with Crippen molar-refractivity contribution in [3.05, 3.63) is 24.3 Å². The molecule has 0 radical (unpaired) electrons. The normalized spacial score (nSPS) is 12.0. The van der Waals surface area contributed by atoms with Gasteiger partial charge in [-0.1, -0.05) is 40.9 Å². The zero-order valence-corrected chi connectivity index (χ0v) is 15.3. The van der Waals surface area contributed by atoms with E-state index in [4.69, 9.17) is 47.0 Å². The fourth-order valence-corrected chi connectivity index (χ4v) is 2.14. The third-order valence-corrected chi connectivity index (χ3v) is 3.27. The van der Waals surface area contributed by atoms with E-state index in [0.717, 1.165) is 0 Å². The van der Waals surface area contributed by atoms with Crippen LogP contribution in [0.15, 0.2) is 24.3 Å². The number of thiocarbonyl (C=S) groups is 1. The summed E-state index contributed by atoms with van der Waals surface area (Å²) in [5.74, 6) is -0.575. The number of carbonyl (C=O) groups is 2. The van der Waals surface area contributed by atoms with Crippen molar-refractivity contribution in [1.29, 1.82) is 0 Å². The molecule has 1 aromatic carbocycles. The van der Waals surface area contributed by atoms with Crippen LogP contribution in [-0.4, -0.2) is 26.9 Å². The van der Waals surface area contributed by atoms with Crippen LogP contribution < -0.4 is 21.3 Å². The molecule has 2 amide bonds. The molecule has 23 heavy (non-hydrogen) atoms. The second-order valence-electron chi connectivity index (χ2n) is 4.54. The lowest BCUT2D eigenvalue weighted by Crippen LogP contribution is -2.55. The number of benzene rings is 1. The van der Waals surface area contributed by atoms with Gasteiger partial charge in [0, 0.05) is 25.2 Å². The topological polar surface area (TPSA) is 82.3 Å². The number of hydrogen-bond acceptors (Lipinski definition) is 3. The van der Waals surface area contributed by atoms with E-state index < -0.39 is 9.96 Å². The zero-order chi connectivity index (χ0) is 17.6. The van der Waals surface area contributed by atoms with E-state index in [1.165, 1.54) is 13.8 Å². The van der Waals surface area contributed by atoms with Gasteiger partial charge in [0.25, 0.3) is 0 Å². The Morgan fingerprint density at radius 2 is 1.61 bits per heavy atom. The van der Waals surface area contributed by atoms with Crippen LogP contribution in [0.4, 0.5) is 11.4 Å². The molecule has 1 atom stereocenters. The summed E-state index contributed by atoms with van der Waals surface area (Å²) >= 11 is 22.5. The van der Waals surface area contributed by atoms with E-state index in [9.17, 15) is 9.59 Å². The number of carbonyl (C=O) groups excluding carboxylic acids is 2. The first-order valence-electron chi connectivity index (χ1n) is 6.37. The van der Waals surface area contributed by atoms with E-state index in [-0.39, 0.29) is 16.9 Å². The van der Waals surface area contributed by atoms with Gasteiger partial charge in [0.2, 0.25) is 15.6 Å². The molecule has 0 saturated carbocycles. The summed E-state index contributed by atoms with van der Waals surface area (Å²) in [4.78, 5) is 22.2. The molecular formula is C13H15Cl3N4O2S. The number of rotatable bonds is 4. The standard InChI is InChI=1S/C13H15Cl3N4O2S/c1-7(21)17-9-4-3-5-10(6-9)19-12(23)20-11(13(14,15)16)18-8(2)22/h3-6,11H,1-2H3,(H,17,21)(H,18,22)(H2,19,20,23)/t11-/m1/s1. The van der Waals surface area contributed by atoms with E-state index in [1.807, 2.05) is 0 Å². The molecule has 0 fully saturated rings. The highest BCUT2D eigenvalue weighted by Crippen LogP contribution is 2.29. The Morgan fingerprint density at radius 1 is 1.04 bits per heavy atom. The minimum atomic E-state index is -1.80. The van der Waals surface area contributed by atoms with Crippen molar-refractivity contribution in [2.45, 2.75) is 23.8 Å². The smallest absolute Gasteiger partial charge is 0.228 e. The van der Waals surface area contributed by atoms with Crippen LogP contribution in [0.1, 0.15) is 13.8 Å². The zero-order valence-electron chi connectivity index (χ0n) is 12.2. The Morgan fingerprint density at radius 3 is 2.09 bits per heavy atom. The van der Waals surface area contributed by atoms with E-state index in [1.54, 1.807) is 24.3 Å². The van der Waals surface area contributed by atoms with Gasteiger partial charge in [0.1, 0.15) is 6.17 Å². The maximum atomic E-state index is 11.2. The molecule has 6 nitrogen and oxygen atoms in total. The molecule has 0 aromatic heterocycles. The minimum Gasteiger partial charge on any atom is -0.339 e. The van der Waals surface area contributed by atoms with Crippen LogP contribution in [0.3, 0.4) is 0 Å². The van der Waals surface area contributed by atoms with Crippen molar-refractivity contribution in [3.8, 4) is 0 Å². The lowest BCUT2D eigenvalue weighted by molar-refractivity contribution is -0.119. The van der Waals surface area contributed by atoms with E-state index >= 15 is 0 Å². The molecule has 0 aliphatic rings. The molecule has 0 spiro atoms. The van der Waals surface area contributed by atoms with Gasteiger partial charge in [-0.05, 0) is 30.4 Å². The van der Waals surface area contributed by atoms with Gasteiger partial charge < -0.3 is 21.3 Å². The quantitative estimate of drug-likeness (QED) is 0.357. The number of alkyl halides is 3. The van der Waals surface area contributed by atoms with Crippen molar-refractivity contribution >= 4 is 75.3 Å². The largest absolute Gasteiger partial charge is 0.339 e. The Hall–Kier alpha value is -1.28. The highest BCUT2D eigenvalue weighted by Gasteiger charge is 2.33. The van der Waals surface area contributed by atoms with Crippen molar-refractivity contribution in [2.24, 2.45) is 0 Å². The first kappa shape index (κ1) is 19.8. The number of nitrogens with one attached hydrogen (secondary N) is 4. The maximum absolute atomic E-state index is 11.2. The summed E-state index contributed by atoms with van der Waals surface area (Å²) in [7, 11) is 0. The Labute approximate surface area is 154 Å². The molecule has 1 aromatic rings. The molecule has 0 aliphatic carbocycles. The van der Waals surface area contributed by atoms with Crippen molar-refractivity contribution < 1.29 is 9.59 Å². The Bertz CT molecular complexity index is 607. The molecule has 0 bridgehead atoms. The number of hydrogen-bond donors (Lipinski definition) is 4. The lowest BCUT2D eigenvalue weighted by Gasteiger charge is -2.27. The van der Waals surface area contributed by atoms with Crippen LogP contribution in [0.5, 0.6) is 0 Å². The summed E-state index contributed by atoms with van der Waals surface area (Å²) in [6.45, 7) is 2.70. The highest BCUT2D eigenvalue weighted by molar-refractivity contribution is 7.80. The number of halogens is 3. The Kier molecular flexibility index (Phi) is 7.34. The van der Waals surface area contributed by atoms with E-state index in [2.05, 4.69) is 21.3 Å². The number of amides is 2. The van der Waals surface area contributed by atoms with Gasteiger partial charge in [-0.3, -0.25) is 9.59 Å². The number of anilines is 2. The Balaban J connectivity index is 2.74. The second-order valence-corrected chi connectivity index (χ2v) is 7.31. The highest BCUT2D eigenvalue weighted by atomic mass is 35.6. The summed E-state index contributed by atoms with van der Waals surface area (Å²) < 4.78 is -1.80. The summed E-state index contributed by atoms with van der Waals surface area (Å²) in [6, 6.07) is 6.88. The van der Waals surface area contributed by atoms with E-state index in [0.29, 0.717) is 11.4 Å². The van der Waals surface area contributed by atoms with Crippen molar-refractivity contribution in [3.63, 3.8) is 0 Å². The predicted octanol–water partition coefficient (Wildman–Crippen LogP) is 2.76. The third kappa shape index (κ3) is 7.69. The fourth-order valence-electron chi connectivity index (χ4n) is 1.58.